The second kappa shape index (κ2) is 10.5. The number of hydrogen-bond acceptors (Lipinski definition) is 4. The van der Waals surface area contributed by atoms with E-state index in [2.05, 4.69) is 41.7 Å². The highest BCUT2D eigenvalue weighted by molar-refractivity contribution is 5.15. The summed E-state index contributed by atoms with van der Waals surface area (Å²) in [4.78, 5) is 0. The molecule has 1 aliphatic rings. The third-order valence-corrected chi connectivity index (χ3v) is 5.34. The zero-order valence-corrected chi connectivity index (χ0v) is 17.2. The summed E-state index contributed by atoms with van der Waals surface area (Å²) >= 11 is 0. The van der Waals surface area contributed by atoms with E-state index in [9.17, 15) is 0 Å². The summed E-state index contributed by atoms with van der Waals surface area (Å²) in [6.07, 6.45) is 0.751. The molecule has 1 aliphatic heterocycles. The number of rotatable bonds is 10. The molecule has 3 aromatic rings. The van der Waals surface area contributed by atoms with Gasteiger partial charge in [-0.05, 0) is 16.7 Å². The van der Waals surface area contributed by atoms with Crippen LogP contribution in [0, 0.1) is 0 Å². The predicted molar refractivity (Wildman–Crippen MR) is 118 cm³/mol. The van der Waals surface area contributed by atoms with Crippen LogP contribution in [0.3, 0.4) is 0 Å². The summed E-state index contributed by atoms with van der Waals surface area (Å²) in [6, 6.07) is 30.9. The minimum atomic E-state index is -0.660. The molecule has 0 spiro atoms. The van der Waals surface area contributed by atoms with Crippen molar-refractivity contribution in [3.8, 4) is 0 Å². The van der Waals surface area contributed by atoms with Gasteiger partial charge in [0.25, 0.3) is 0 Å². The molecule has 156 valence electrons. The number of ether oxygens (including phenoxy) is 3. The van der Waals surface area contributed by atoms with Gasteiger partial charge in [-0.25, -0.2) is 0 Å². The second-order valence-corrected chi connectivity index (χ2v) is 7.74. The maximum Gasteiger partial charge on any atom is 0.183 e. The molecular weight excluding hydrogens is 374 g/mol. The highest BCUT2D eigenvalue weighted by Gasteiger charge is 2.41. The lowest BCUT2D eigenvalue weighted by molar-refractivity contribution is -0.238. The van der Waals surface area contributed by atoms with Crippen molar-refractivity contribution in [3.63, 3.8) is 0 Å². The maximum absolute atomic E-state index is 6.35. The molecule has 0 radical (unpaired) electrons. The van der Waals surface area contributed by atoms with Crippen molar-refractivity contribution < 1.29 is 14.2 Å². The fourth-order valence-electron chi connectivity index (χ4n) is 3.67. The summed E-state index contributed by atoms with van der Waals surface area (Å²) in [5.41, 5.74) is 3.47. The minimum absolute atomic E-state index is 0.195. The lowest BCUT2D eigenvalue weighted by atomic mass is 10.1. The van der Waals surface area contributed by atoms with E-state index >= 15 is 0 Å². The molecule has 1 heterocycles. The van der Waals surface area contributed by atoms with Crippen LogP contribution in [0.4, 0.5) is 0 Å². The molecule has 0 saturated carbocycles. The molecule has 1 unspecified atom stereocenters. The standard InChI is InChI=1S/C26H29NO3/c1-4-10-22(11-5-1)17-28-20-25-16-26(21-27-25,29-18-23-12-6-2-7-13-23)30-19-24-14-8-3-9-15-24/h1-15,25,27H,16-21H2. The summed E-state index contributed by atoms with van der Waals surface area (Å²) in [7, 11) is 0. The SMILES string of the molecule is c1ccc(COCC2CC(OCc3ccccc3)(OCc3ccccc3)CN2)cc1. The van der Waals surface area contributed by atoms with Gasteiger partial charge in [0.05, 0.1) is 33.0 Å². The third kappa shape index (κ3) is 6.00. The third-order valence-electron chi connectivity index (χ3n) is 5.34. The Bertz CT molecular complexity index is 827. The lowest BCUT2D eigenvalue weighted by Gasteiger charge is -2.29. The Hall–Kier alpha value is -2.50. The van der Waals surface area contributed by atoms with E-state index in [1.54, 1.807) is 0 Å². The first-order valence-corrected chi connectivity index (χ1v) is 10.5. The fraction of sp³-hybridized carbons (Fsp3) is 0.308. The van der Waals surface area contributed by atoms with Crippen LogP contribution < -0.4 is 5.32 Å². The van der Waals surface area contributed by atoms with Crippen LogP contribution in [0.2, 0.25) is 0 Å². The Morgan fingerprint density at radius 3 is 1.63 bits per heavy atom. The van der Waals surface area contributed by atoms with Crippen LogP contribution in [0.25, 0.3) is 0 Å². The molecule has 30 heavy (non-hydrogen) atoms. The molecule has 4 rings (SSSR count). The van der Waals surface area contributed by atoms with Gasteiger partial charge in [0, 0.05) is 12.5 Å². The first kappa shape index (κ1) is 20.8. The molecule has 0 amide bonds. The Kier molecular flexibility index (Phi) is 7.27. The number of benzene rings is 3. The van der Waals surface area contributed by atoms with Crippen LogP contribution in [-0.2, 0) is 34.0 Å². The Morgan fingerprint density at radius 2 is 1.13 bits per heavy atom. The van der Waals surface area contributed by atoms with Gasteiger partial charge in [-0.15, -0.1) is 0 Å². The Morgan fingerprint density at radius 1 is 0.667 bits per heavy atom. The molecule has 3 aromatic carbocycles. The monoisotopic (exact) mass is 403 g/mol. The summed E-state index contributed by atoms with van der Waals surface area (Å²) in [5, 5.41) is 3.53. The molecular formula is C26H29NO3. The van der Waals surface area contributed by atoms with Crippen molar-refractivity contribution in [2.24, 2.45) is 0 Å². The van der Waals surface area contributed by atoms with Gasteiger partial charge in [-0.3, -0.25) is 0 Å². The molecule has 4 nitrogen and oxygen atoms in total. The zero-order chi connectivity index (χ0) is 20.5. The Labute approximate surface area is 178 Å². The van der Waals surface area contributed by atoms with Gasteiger partial charge < -0.3 is 19.5 Å². The van der Waals surface area contributed by atoms with Gasteiger partial charge in [0.15, 0.2) is 5.79 Å². The smallest absolute Gasteiger partial charge is 0.183 e. The first-order chi connectivity index (χ1) is 14.8. The first-order valence-electron chi connectivity index (χ1n) is 10.5. The van der Waals surface area contributed by atoms with Crippen LogP contribution >= 0.6 is 0 Å². The fourth-order valence-corrected chi connectivity index (χ4v) is 3.67. The van der Waals surface area contributed by atoms with Crippen LogP contribution in [0.1, 0.15) is 23.1 Å². The van der Waals surface area contributed by atoms with E-state index in [-0.39, 0.29) is 6.04 Å². The molecule has 1 N–H and O–H groups in total. The average molecular weight is 404 g/mol. The van der Waals surface area contributed by atoms with E-state index in [0.717, 1.165) is 17.5 Å². The summed E-state index contributed by atoms with van der Waals surface area (Å²) in [5.74, 6) is -0.660. The maximum atomic E-state index is 6.35. The normalized spacial score (nSPS) is 17.8. The van der Waals surface area contributed by atoms with E-state index in [0.29, 0.717) is 33.0 Å². The summed E-state index contributed by atoms with van der Waals surface area (Å²) < 4.78 is 18.7. The molecule has 0 bridgehead atoms. The largest absolute Gasteiger partial charge is 0.375 e. The van der Waals surface area contributed by atoms with Crippen molar-refractivity contribution in [1.82, 2.24) is 5.32 Å². The molecule has 0 aromatic heterocycles. The van der Waals surface area contributed by atoms with Gasteiger partial charge in [0.2, 0.25) is 0 Å². The quantitative estimate of drug-likeness (QED) is 0.498. The highest BCUT2D eigenvalue weighted by Crippen LogP contribution is 2.28. The van der Waals surface area contributed by atoms with Crippen LogP contribution in [0.15, 0.2) is 91.0 Å². The van der Waals surface area contributed by atoms with E-state index in [1.165, 1.54) is 5.56 Å². The Balaban J connectivity index is 1.34. The van der Waals surface area contributed by atoms with Crippen LogP contribution in [-0.4, -0.2) is 25.0 Å². The van der Waals surface area contributed by atoms with Crippen LogP contribution in [0.5, 0.6) is 0 Å². The average Bonchev–Trinajstić information content (AvgIpc) is 3.22. The number of nitrogens with one attached hydrogen (secondary N) is 1. The van der Waals surface area contributed by atoms with Gasteiger partial charge in [-0.2, -0.15) is 0 Å². The van der Waals surface area contributed by atoms with Crippen molar-refractivity contribution in [2.75, 3.05) is 13.2 Å². The van der Waals surface area contributed by atoms with Crippen molar-refractivity contribution in [1.29, 1.82) is 0 Å². The van der Waals surface area contributed by atoms with Gasteiger partial charge >= 0.3 is 0 Å². The van der Waals surface area contributed by atoms with E-state index in [1.807, 2.05) is 54.6 Å². The lowest BCUT2D eigenvalue weighted by Crippen LogP contribution is -2.38. The number of hydrogen-bond donors (Lipinski definition) is 1. The zero-order valence-electron chi connectivity index (χ0n) is 17.2. The van der Waals surface area contributed by atoms with Gasteiger partial charge in [-0.1, -0.05) is 91.0 Å². The predicted octanol–water partition coefficient (Wildman–Crippen LogP) is 4.70. The van der Waals surface area contributed by atoms with Crippen molar-refractivity contribution in [3.05, 3.63) is 108 Å². The topological polar surface area (TPSA) is 39.7 Å². The molecule has 1 fully saturated rings. The molecule has 4 heteroatoms. The minimum Gasteiger partial charge on any atom is -0.375 e. The van der Waals surface area contributed by atoms with Crippen molar-refractivity contribution in [2.45, 2.75) is 38.1 Å². The van der Waals surface area contributed by atoms with Crippen molar-refractivity contribution >= 4 is 0 Å². The highest BCUT2D eigenvalue weighted by atomic mass is 16.7. The van der Waals surface area contributed by atoms with E-state index < -0.39 is 5.79 Å². The van der Waals surface area contributed by atoms with Gasteiger partial charge in [0.1, 0.15) is 0 Å². The second-order valence-electron chi connectivity index (χ2n) is 7.74. The molecule has 1 atom stereocenters. The molecule has 1 saturated heterocycles. The molecule has 0 aliphatic carbocycles. The van der Waals surface area contributed by atoms with E-state index in [4.69, 9.17) is 14.2 Å². The summed E-state index contributed by atoms with van der Waals surface area (Å²) in [6.45, 7) is 2.93.